The Labute approximate surface area is 167 Å². The first kappa shape index (κ1) is 18.2. The van der Waals surface area contributed by atoms with Crippen LogP contribution in [0.3, 0.4) is 0 Å². The Morgan fingerprint density at radius 1 is 1.23 bits per heavy atom. The molecule has 26 heavy (non-hydrogen) atoms. The third-order valence-electron chi connectivity index (χ3n) is 4.52. The lowest BCUT2D eigenvalue weighted by atomic mass is 10.1. The van der Waals surface area contributed by atoms with Crippen LogP contribution in [-0.4, -0.2) is 43.6 Å². The molecular formula is C18H20Cl2N4OS. The number of halogens is 2. The zero-order valence-corrected chi connectivity index (χ0v) is 16.5. The molecule has 0 saturated carbocycles. The number of nitrogens with zero attached hydrogens (tertiary/aromatic N) is 3. The van der Waals surface area contributed by atoms with Crippen molar-refractivity contribution in [3.63, 3.8) is 0 Å². The van der Waals surface area contributed by atoms with Crippen molar-refractivity contribution in [2.45, 2.75) is 12.5 Å². The minimum atomic E-state index is 0.162. The van der Waals surface area contributed by atoms with Gasteiger partial charge in [-0.1, -0.05) is 29.3 Å². The van der Waals surface area contributed by atoms with Crippen LogP contribution in [0, 0.1) is 0 Å². The average molecular weight is 411 g/mol. The van der Waals surface area contributed by atoms with Crippen LogP contribution in [0.5, 0.6) is 0 Å². The molecule has 1 unspecified atom stereocenters. The van der Waals surface area contributed by atoms with Gasteiger partial charge in [-0.15, -0.1) is 11.3 Å². The summed E-state index contributed by atoms with van der Waals surface area (Å²) in [6.07, 6.45) is 0.872. The first-order valence-electron chi connectivity index (χ1n) is 8.61. The number of anilines is 1. The highest BCUT2D eigenvalue weighted by atomic mass is 35.5. The van der Waals surface area contributed by atoms with Crippen molar-refractivity contribution in [1.29, 1.82) is 0 Å². The number of ether oxygens (including phenoxy) is 1. The second kappa shape index (κ2) is 8.25. The van der Waals surface area contributed by atoms with E-state index in [-0.39, 0.29) is 6.04 Å². The fourth-order valence-electron chi connectivity index (χ4n) is 3.20. The van der Waals surface area contributed by atoms with E-state index in [1.807, 2.05) is 17.1 Å². The molecule has 0 amide bonds. The number of benzene rings is 1. The van der Waals surface area contributed by atoms with Crippen molar-refractivity contribution in [1.82, 2.24) is 10.4 Å². The molecule has 0 bridgehead atoms. The van der Waals surface area contributed by atoms with E-state index >= 15 is 0 Å². The minimum Gasteiger partial charge on any atom is -0.379 e. The molecule has 0 aliphatic carbocycles. The molecule has 138 valence electrons. The SMILES string of the molecule is Clc1ccc(N2N=C(CNN3CCOCC3)CC2c2cccs2)c(Cl)c1. The summed E-state index contributed by atoms with van der Waals surface area (Å²) in [5, 5.41) is 12.4. The topological polar surface area (TPSA) is 40.1 Å². The van der Waals surface area contributed by atoms with Crippen LogP contribution in [0.15, 0.2) is 40.8 Å². The van der Waals surface area contributed by atoms with E-state index in [0.717, 1.165) is 50.7 Å². The van der Waals surface area contributed by atoms with Gasteiger partial charge in [-0.3, -0.25) is 5.01 Å². The van der Waals surface area contributed by atoms with Crippen molar-refractivity contribution < 1.29 is 4.74 Å². The lowest BCUT2D eigenvalue weighted by Crippen LogP contribution is -2.47. The third-order valence-corrected chi connectivity index (χ3v) is 6.03. The Hall–Kier alpha value is -1.15. The molecule has 0 radical (unpaired) electrons. The van der Waals surface area contributed by atoms with Gasteiger partial charge in [-0.05, 0) is 29.6 Å². The molecule has 2 aromatic rings. The summed E-state index contributed by atoms with van der Waals surface area (Å²) in [5.74, 6) is 0. The first-order chi connectivity index (χ1) is 12.7. The van der Waals surface area contributed by atoms with E-state index in [9.17, 15) is 0 Å². The number of rotatable bonds is 5. The van der Waals surface area contributed by atoms with Crippen molar-refractivity contribution in [2.75, 3.05) is 37.9 Å². The fraction of sp³-hybridized carbons (Fsp3) is 0.389. The highest BCUT2D eigenvalue weighted by Crippen LogP contribution is 2.40. The van der Waals surface area contributed by atoms with Gasteiger partial charge in [0.15, 0.2) is 0 Å². The second-order valence-corrected chi connectivity index (χ2v) is 8.10. The van der Waals surface area contributed by atoms with Gasteiger partial charge in [-0.2, -0.15) is 5.10 Å². The van der Waals surface area contributed by atoms with Crippen LogP contribution in [0.25, 0.3) is 0 Å². The Morgan fingerprint density at radius 2 is 2.08 bits per heavy atom. The van der Waals surface area contributed by atoms with Crippen molar-refractivity contribution in [3.05, 3.63) is 50.6 Å². The lowest BCUT2D eigenvalue weighted by molar-refractivity contribution is 0.0150. The molecule has 3 heterocycles. The Balaban J connectivity index is 1.54. The maximum absolute atomic E-state index is 6.45. The molecular weight excluding hydrogens is 391 g/mol. The summed E-state index contributed by atoms with van der Waals surface area (Å²) in [7, 11) is 0. The molecule has 8 heteroatoms. The van der Waals surface area contributed by atoms with Gasteiger partial charge in [0.25, 0.3) is 0 Å². The van der Waals surface area contributed by atoms with Crippen LogP contribution in [0.2, 0.25) is 10.0 Å². The maximum atomic E-state index is 6.45. The fourth-order valence-corrected chi connectivity index (χ4v) is 4.50. The third kappa shape index (κ3) is 4.06. The molecule has 1 aromatic carbocycles. The highest BCUT2D eigenvalue weighted by Gasteiger charge is 2.31. The molecule has 5 nitrogen and oxygen atoms in total. The molecule has 0 spiro atoms. The molecule has 2 aliphatic rings. The zero-order chi connectivity index (χ0) is 17.9. The van der Waals surface area contributed by atoms with E-state index in [4.69, 9.17) is 33.0 Å². The van der Waals surface area contributed by atoms with Crippen LogP contribution in [0.1, 0.15) is 17.3 Å². The smallest absolute Gasteiger partial charge is 0.0921 e. The van der Waals surface area contributed by atoms with Crippen LogP contribution < -0.4 is 10.4 Å². The quantitative estimate of drug-likeness (QED) is 0.801. The number of thiophene rings is 1. The van der Waals surface area contributed by atoms with Crippen molar-refractivity contribution in [3.8, 4) is 0 Å². The zero-order valence-electron chi connectivity index (χ0n) is 14.2. The summed E-state index contributed by atoms with van der Waals surface area (Å²) >= 11 is 14.3. The van der Waals surface area contributed by atoms with Gasteiger partial charge in [0, 0.05) is 29.4 Å². The highest BCUT2D eigenvalue weighted by molar-refractivity contribution is 7.10. The van der Waals surface area contributed by atoms with Crippen molar-refractivity contribution >= 4 is 45.9 Å². The standard InChI is InChI=1S/C18H20Cl2N4OS/c19-13-3-4-16(15(20)10-13)24-17(18-2-1-9-26-18)11-14(22-24)12-21-23-5-7-25-8-6-23/h1-4,9-10,17,21H,5-8,11-12H2. The predicted octanol–water partition coefficient (Wildman–Crippen LogP) is 4.20. The van der Waals surface area contributed by atoms with E-state index in [0.29, 0.717) is 10.0 Å². The van der Waals surface area contributed by atoms with Gasteiger partial charge in [0.05, 0.1) is 42.2 Å². The van der Waals surface area contributed by atoms with Crippen molar-refractivity contribution in [2.24, 2.45) is 5.10 Å². The molecule has 1 N–H and O–H groups in total. The van der Waals surface area contributed by atoms with Crippen LogP contribution in [-0.2, 0) is 4.74 Å². The molecule has 1 fully saturated rings. The predicted molar refractivity (Wildman–Crippen MR) is 108 cm³/mol. The van der Waals surface area contributed by atoms with Crippen LogP contribution in [0.4, 0.5) is 5.69 Å². The number of hydrogen-bond acceptors (Lipinski definition) is 6. The number of hydrogen-bond donors (Lipinski definition) is 1. The number of nitrogens with one attached hydrogen (secondary N) is 1. The maximum Gasteiger partial charge on any atom is 0.0921 e. The van der Waals surface area contributed by atoms with E-state index in [2.05, 4.69) is 27.9 Å². The lowest BCUT2D eigenvalue weighted by Gasteiger charge is -2.27. The molecule has 1 aromatic heterocycles. The normalized spacial score (nSPS) is 21.2. The largest absolute Gasteiger partial charge is 0.379 e. The summed E-state index contributed by atoms with van der Waals surface area (Å²) in [5.41, 5.74) is 5.47. The van der Waals surface area contributed by atoms with Crippen LogP contribution >= 0.6 is 34.5 Å². The number of hydrazone groups is 1. The van der Waals surface area contributed by atoms with Gasteiger partial charge >= 0.3 is 0 Å². The second-order valence-electron chi connectivity index (χ2n) is 6.28. The number of hydrazine groups is 1. The van der Waals surface area contributed by atoms with Gasteiger partial charge < -0.3 is 4.74 Å². The molecule has 2 aliphatic heterocycles. The Kier molecular flexibility index (Phi) is 5.78. The first-order valence-corrected chi connectivity index (χ1v) is 10.2. The summed E-state index contributed by atoms with van der Waals surface area (Å²) < 4.78 is 5.39. The van der Waals surface area contributed by atoms with Gasteiger partial charge in [0.2, 0.25) is 0 Å². The molecule has 1 atom stereocenters. The van der Waals surface area contributed by atoms with E-state index in [1.165, 1.54) is 4.88 Å². The minimum absolute atomic E-state index is 0.162. The summed E-state index contributed by atoms with van der Waals surface area (Å²) in [6, 6.07) is 9.95. The Bertz CT molecular complexity index is 778. The summed E-state index contributed by atoms with van der Waals surface area (Å²) in [6.45, 7) is 4.06. The van der Waals surface area contributed by atoms with E-state index < -0.39 is 0 Å². The molecule has 1 saturated heterocycles. The monoisotopic (exact) mass is 410 g/mol. The molecule has 4 rings (SSSR count). The van der Waals surface area contributed by atoms with Gasteiger partial charge in [-0.25, -0.2) is 10.4 Å². The number of morpholine rings is 1. The average Bonchev–Trinajstić information content (AvgIpc) is 3.30. The van der Waals surface area contributed by atoms with E-state index in [1.54, 1.807) is 17.4 Å². The summed E-state index contributed by atoms with van der Waals surface area (Å²) in [4.78, 5) is 1.28. The Morgan fingerprint density at radius 3 is 2.81 bits per heavy atom. The van der Waals surface area contributed by atoms with Gasteiger partial charge in [0.1, 0.15) is 0 Å².